The Hall–Kier alpha value is -1.81. The number of nitrogens with two attached hydrogens (primary N) is 1. The van der Waals surface area contributed by atoms with Crippen LogP contribution in [0.5, 0.6) is 0 Å². The van der Waals surface area contributed by atoms with Gasteiger partial charge in [-0.2, -0.15) is 0 Å². The summed E-state index contributed by atoms with van der Waals surface area (Å²) in [4.78, 5) is 1.92. The summed E-state index contributed by atoms with van der Waals surface area (Å²) in [7, 11) is 1.89. The highest BCUT2D eigenvalue weighted by atomic mass is 19.1. The molecule has 2 N–H and O–H groups in total. The van der Waals surface area contributed by atoms with Gasteiger partial charge in [0, 0.05) is 24.8 Å². The number of hydrogen-bond acceptors (Lipinski definition) is 3. The maximum absolute atomic E-state index is 13.6. The lowest BCUT2D eigenvalue weighted by molar-refractivity contribution is 0.507. The molecule has 3 nitrogen and oxygen atoms in total. The van der Waals surface area contributed by atoms with E-state index in [0.29, 0.717) is 12.1 Å². The molecular weight excluding hydrogens is 219 g/mol. The summed E-state index contributed by atoms with van der Waals surface area (Å²) in [6.07, 6.45) is 1.63. The molecule has 0 aliphatic heterocycles. The molecule has 1 aromatic carbocycles. The topological polar surface area (TPSA) is 42.4 Å². The van der Waals surface area contributed by atoms with Crippen molar-refractivity contribution in [2.45, 2.75) is 13.1 Å². The normalized spacial score (nSPS) is 10.5. The van der Waals surface area contributed by atoms with E-state index in [0.717, 1.165) is 11.4 Å². The zero-order valence-corrected chi connectivity index (χ0v) is 9.69. The second kappa shape index (κ2) is 5.01. The molecule has 1 heterocycles. The molecule has 0 unspecified atom stereocenters. The van der Waals surface area contributed by atoms with Gasteiger partial charge in [0.25, 0.3) is 0 Å². The third kappa shape index (κ3) is 2.65. The lowest BCUT2D eigenvalue weighted by Gasteiger charge is -2.18. The van der Waals surface area contributed by atoms with Crippen LogP contribution in [0.1, 0.15) is 11.3 Å². The van der Waals surface area contributed by atoms with Gasteiger partial charge in [-0.05, 0) is 24.3 Å². The lowest BCUT2D eigenvalue weighted by Crippen LogP contribution is -2.16. The molecule has 0 amide bonds. The maximum atomic E-state index is 13.6. The predicted molar refractivity (Wildman–Crippen MR) is 65.1 cm³/mol. The van der Waals surface area contributed by atoms with Crippen LogP contribution in [0.2, 0.25) is 0 Å². The number of rotatable bonds is 4. The number of furan rings is 1. The molecule has 0 fully saturated rings. The van der Waals surface area contributed by atoms with Crippen molar-refractivity contribution in [2.75, 3.05) is 11.9 Å². The molecular formula is C13H15FN2O. The minimum atomic E-state index is -0.267. The highest BCUT2D eigenvalue weighted by Gasteiger charge is 2.07. The average Bonchev–Trinajstić information content (AvgIpc) is 2.81. The summed E-state index contributed by atoms with van der Waals surface area (Å²) < 4.78 is 18.8. The zero-order valence-electron chi connectivity index (χ0n) is 9.69. The van der Waals surface area contributed by atoms with E-state index in [9.17, 15) is 4.39 Å². The quantitative estimate of drug-likeness (QED) is 0.883. The third-order valence-corrected chi connectivity index (χ3v) is 2.67. The second-order valence-corrected chi connectivity index (χ2v) is 3.92. The van der Waals surface area contributed by atoms with Gasteiger partial charge in [0.2, 0.25) is 0 Å². The average molecular weight is 234 g/mol. The highest BCUT2D eigenvalue weighted by Crippen LogP contribution is 2.19. The largest absolute Gasteiger partial charge is 0.467 e. The van der Waals surface area contributed by atoms with Crippen LogP contribution >= 0.6 is 0 Å². The second-order valence-electron chi connectivity index (χ2n) is 3.92. The summed E-state index contributed by atoms with van der Waals surface area (Å²) in [6.45, 7) is 0.822. The van der Waals surface area contributed by atoms with Crippen molar-refractivity contribution in [2.24, 2.45) is 5.73 Å². The standard InChI is InChI=1S/C13H15FN2O/c1-16(9-12-3-2-6-17-12)11-5-4-10(8-15)13(14)7-11/h2-7H,8-9,15H2,1H3. The summed E-state index contributed by atoms with van der Waals surface area (Å²) in [5.74, 6) is 0.576. The Kier molecular flexibility index (Phi) is 3.44. The number of nitrogens with zero attached hydrogens (tertiary/aromatic N) is 1. The van der Waals surface area contributed by atoms with E-state index in [2.05, 4.69) is 0 Å². The number of halogens is 1. The van der Waals surface area contributed by atoms with Crippen LogP contribution in [0.15, 0.2) is 41.0 Å². The summed E-state index contributed by atoms with van der Waals surface area (Å²) in [6, 6.07) is 8.78. The molecule has 0 aliphatic carbocycles. The molecule has 90 valence electrons. The molecule has 0 bridgehead atoms. The molecule has 4 heteroatoms. The molecule has 1 aromatic heterocycles. The van der Waals surface area contributed by atoms with E-state index in [-0.39, 0.29) is 12.4 Å². The molecule has 0 saturated heterocycles. The zero-order chi connectivity index (χ0) is 12.3. The first-order valence-electron chi connectivity index (χ1n) is 5.42. The van der Waals surface area contributed by atoms with Crippen LogP contribution in [-0.4, -0.2) is 7.05 Å². The fourth-order valence-corrected chi connectivity index (χ4v) is 1.67. The van der Waals surface area contributed by atoms with E-state index in [4.69, 9.17) is 10.2 Å². The molecule has 17 heavy (non-hydrogen) atoms. The van der Waals surface area contributed by atoms with Gasteiger partial charge >= 0.3 is 0 Å². The fraction of sp³-hybridized carbons (Fsp3) is 0.231. The maximum Gasteiger partial charge on any atom is 0.129 e. The van der Waals surface area contributed by atoms with Crippen molar-refractivity contribution in [3.05, 3.63) is 53.7 Å². The first-order chi connectivity index (χ1) is 8.20. The third-order valence-electron chi connectivity index (χ3n) is 2.67. The van der Waals surface area contributed by atoms with Gasteiger partial charge in [0.05, 0.1) is 12.8 Å². The van der Waals surface area contributed by atoms with Crippen LogP contribution in [-0.2, 0) is 13.1 Å². The minimum Gasteiger partial charge on any atom is -0.467 e. The van der Waals surface area contributed by atoms with Crippen molar-refractivity contribution in [1.82, 2.24) is 0 Å². The first kappa shape index (κ1) is 11.7. The van der Waals surface area contributed by atoms with Gasteiger partial charge in [-0.25, -0.2) is 4.39 Å². The highest BCUT2D eigenvalue weighted by molar-refractivity contribution is 5.47. The van der Waals surface area contributed by atoms with Gasteiger partial charge in [-0.3, -0.25) is 0 Å². The van der Waals surface area contributed by atoms with E-state index >= 15 is 0 Å². The summed E-state index contributed by atoms with van der Waals surface area (Å²) >= 11 is 0. The first-order valence-corrected chi connectivity index (χ1v) is 5.42. The van der Waals surface area contributed by atoms with Crippen LogP contribution < -0.4 is 10.6 Å². The van der Waals surface area contributed by atoms with Crippen LogP contribution in [0.3, 0.4) is 0 Å². The molecule has 0 spiro atoms. The molecule has 0 aliphatic rings. The Bertz CT molecular complexity index is 482. The van der Waals surface area contributed by atoms with Crippen molar-refractivity contribution in [3.8, 4) is 0 Å². The summed E-state index contributed by atoms with van der Waals surface area (Å²) in [5, 5.41) is 0. The minimum absolute atomic E-state index is 0.216. The molecule has 0 saturated carbocycles. The molecule has 0 radical (unpaired) electrons. The number of hydrogen-bond donors (Lipinski definition) is 1. The van der Waals surface area contributed by atoms with Gasteiger partial charge in [0.1, 0.15) is 11.6 Å². The predicted octanol–water partition coefficient (Wildman–Crippen LogP) is 2.51. The van der Waals surface area contributed by atoms with Crippen molar-refractivity contribution in [3.63, 3.8) is 0 Å². The fourth-order valence-electron chi connectivity index (χ4n) is 1.67. The Labute approximate surface area is 99.6 Å². The Morgan fingerprint density at radius 2 is 2.18 bits per heavy atom. The lowest BCUT2D eigenvalue weighted by atomic mass is 10.2. The summed E-state index contributed by atoms with van der Waals surface area (Å²) in [5.41, 5.74) is 6.75. The van der Waals surface area contributed by atoms with Crippen LogP contribution in [0, 0.1) is 5.82 Å². The number of anilines is 1. The van der Waals surface area contributed by atoms with Gasteiger partial charge < -0.3 is 15.1 Å². The van der Waals surface area contributed by atoms with E-state index in [1.165, 1.54) is 6.07 Å². The van der Waals surface area contributed by atoms with Gasteiger partial charge in [-0.15, -0.1) is 0 Å². The molecule has 0 atom stereocenters. The Morgan fingerprint density at radius 3 is 2.76 bits per heavy atom. The van der Waals surface area contributed by atoms with Crippen molar-refractivity contribution < 1.29 is 8.81 Å². The SMILES string of the molecule is CN(Cc1ccco1)c1ccc(CN)c(F)c1. The Balaban J connectivity index is 2.14. The van der Waals surface area contributed by atoms with E-state index < -0.39 is 0 Å². The van der Waals surface area contributed by atoms with Gasteiger partial charge in [-0.1, -0.05) is 6.07 Å². The van der Waals surface area contributed by atoms with Crippen LogP contribution in [0.25, 0.3) is 0 Å². The molecule has 2 aromatic rings. The van der Waals surface area contributed by atoms with Crippen molar-refractivity contribution in [1.29, 1.82) is 0 Å². The monoisotopic (exact) mass is 234 g/mol. The Morgan fingerprint density at radius 1 is 1.35 bits per heavy atom. The van der Waals surface area contributed by atoms with Crippen molar-refractivity contribution >= 4 is 5.69 Å². The molecule has 2 rings (SSSR count). The van der Waals surface area contributed by atoms with E-state index in [1.807, 2.05) is 30.1 Å². The van der Waals surface area contributed by atoms with Crippen LogP contribution in [0.4, 0.5) is 10.1 Å². The van der Waals surface area contributed by atoms with E-state index in [1.54, 1.807) is 12.3 Å². The smallest absolute Gasteiger partial charge is 0.129 e. The van der Waals surface area contributed by atoms with Gasteiger partial charge in [0.15, 0.2) is 0 Å². The number of benzene rings is 1.